The quantitative estimate of drug-likeness (QED) is 0.841. The van der Waals surface area contributed by atoms with Crippen LogP contribution < -0.4 is 5.32 Å². The number of aromatic amines is 1. The number of hydrogen-bond acceptors (Lipinski definition) is 2. The van der Waals surface area contributed by atoms with Crippen molar-refractivity contribution in [3.63, 3.8) is 0 Å². The predicted molar refractivity (Wildman–Crippen MR) is 67.7 cm³/mol. The second-order valence-corrected chi connectivity index (χ2v) is 4.93. The summed E-state index contributed by atoms with van der Waals surface area (Å²) in [6.45, 7) is 1.01. The summed E-state index contributed by atoms with van der Waals surface area (Å²) >= 11 is 3.53. The fourth-order valence-corrected chi connectivity index (χ4v) is 2.65. The molecular formula is C12H12BrN3. The number of nitrogens with zero attached hydrogens (tertiary/aromatic N) is 1. The zero-order valence-corrected chi connectivity index (χ0v) is 10.3. The third-order valence-corrected chi connectivity index (χ3v) is 3.53. The summed E-state index contributed by atoms with van der Waals surface area (Å²) in [5.41, 5.74) is 3.76. The van der Waals surface area contributed by atoms with E-state index in [9.17, 15) is 0 Å². The number of anilines is 1. The van der Waals surface area contributed by atoms with Gasteiger partial charge in [0, 0.05) is 34.5 Å². The van der Waals surface area contributed by atoms with E-state index in [2.05, 4.69) is 55.7 Å². The highest BCUT2D eigenvalue weighted by atomic mass is 79.9. The van der Waals surface area contributed by atoms with Crippen LogP contribution in [-0.2, 0) is 0 Å². The van der Waals surface area contributed by atoms with Crippen LogP contribution in [0.2, 0.25) is 0 Å². The molecule has 16 heavy (non-hydrogen) atoms. The third-order valence-electron chi connectivity index (χ3n) is 3.04. The number of benzene rings is 1. The van der Waals surface area contributed by atoms with Crippen LogP contribution in [0.15, 0.2) is 34.9 Å². The van der Waals surface area contributed by atoms with Gasteiger partial charge in [-0.15, -0.1) is 0 Å². The normalized spacial score (nSPS) is 18.9. The molecule has 3 rings (SSSR count). The van der Waals surface area contributed by atoms with E-state index in [1.807, 2.05) is 6.20 Å². The van der Waals surface area contributed by atoms with Crippen molar-refractivity contribution in [1.82, 2.24) is 10.2 Å². The first-order valence-electron chi connectivity index (χ1n) is 5.37. The maximum Gasteiger partial charge on any atom is 0.0490 e. The molecule has 1 aliphatic heterocycles. The zero-order valence-electron chi connectivity index (χ0n) is 8.70. The minimum atomic E-state index is 0.427. The molecule has 1 aliphatic rings. The van der Waals surface area contributed by atoms with Crippen molar-refractivity contribution in [3.05, 3.63) is 46.2 Å². The molecule has 1 aromatic carbocycles. The van der Waals surface area contributed by atoms with Crippen LogP contribution in [0, 0.1) is 0 Å². The third kappa shape index (κ3) is 1.63. The fraction of sp³-hybridized carbons (Fsp3) is 0.250. The SMILES string of the molecule is Brc1ccc2c(c1)C(c1ccn[nH]1)CCN2. The summed E-state index contributed by atoms with van der Waals surface area (Å²) in [7, 11) is 0. The molecule has 0 amide bonds. The Morgan fingerprint density at radius 1 is 1.31 bits per heavy atom. The highest BCUT2D eigenvalue weighted by Gasteiger charge is 2.22. The van der Waals surface area contributed by atoms with Gasteiger partial charge in [-0.3, -0.25) is 5.10 Å². The molecule has 82 valence electrons. The van der Waals surface area contributed by atoms with Gasteiger partial charge in [-0.1, -0.05) is 15.9 Å². The van der Waals surface area contributed by atoms with Crippen molar-refractivity contribution in [2.75, 3.05) is 11.9 Å². The van der Waals surface area contributed by atoms with Crippen LogP contribution in [0.3, 0.4) is 0 Å². The van der Waals surface area contributed by atoms with Gasteiger partial charge in [0.15, 0.2) is 0 Å². The Balaban J connectivity index is 2.08. The maximum atomic E-state index is 4.04. The Hall–Kier alpha value is -1.29. The molecule has 1 atom stereocenters. The van der Waals surface area contributed by atoms with Gasteiger partial charge in [0.1, 0.15) is 0 Å². The van der Waals surface area contributed by atoms with Crippen molar-refractivity contribution in [2.24, 2.45) is 0 Å². The van der Waals surface area contributed by atoms with Crippen LogP contribution in [0.25, 0.3) is 0 Å². The van der Waals surface area contributed by atoms with E-state index in [1.54, 1.807) is 0 Å². The molecule has 0 saturated carbocycles. The largest absolute Gasteiger partial charge is 0.385 e. The Morgan fingerprint density at radius 3 is 3.06 bits per heavy atom. The van der Waals surface area contributed by atoms with Crippen LogP contribution in [0.5, 0.6) is 0 Å². The number of halogens is 1. The summed E-state index contributed by atoms with van der Waals surface area (Å²) in [6, 6.07) is 8.44. The van der Waals surface area contributed by atoms with Crippen LogP contribution in [0.1, 0.15) is 23.6 Å². The standard InChI is InChI=1S/C12H12BrN3/c13-8-1-2-11-10(7-8)9(3-5-14-11)12-4-6-15-16-12/h1-2,4,6-7,9,14H,3,5H2,(H,15,16). The minimum absolute atomic E-state index is 0.427. The summed E-state index contributed by atoms with van der Waals surface area (Å²) in [4.78, 5) is 0. The molecule has 3 nitrogen and oxygen atoms in total. The second-order valence-electron chi connectivity index (χ2n) is 4.01. The van der Waals surface area contributed by atoms with E-state index in [0.717, 1.165) is 17.4 Å². The fourth-order valence-electron chi connectivity index (χ4n) is 2.27. The van der Waals surface area contributed by atoms with E-state index in [0.29, 0.717) is 5.92 Å². The number of hydrogen-bond donors (Lipinski definition) is 2. The molecule has 0 spiro atoms. The van der Waals surface area contributed by atoms with E-state index in [1.165, 1.54) is 16.9 Å². The number of rotatable bonds is 1. The average Bonchev–Trinajstić information content (AvgIpc) is 2.81. The van der Waals surface area contributed by atoms with Gasteiger partial charge >= 0.3 is 0 Å². The van der Waals surface area contributed by atoms with Crippen molar-refractivity contribution >= 4 is 21.6 Å². The van der Waals surface area contributed by atoms with Crippen molar-refractivity contribution in [2.45, 2.75) is 12.3 Å². The Bertz CT molecular complexity index is 493. The Morgan fingerprint density at radius 2 is 2.25 bits per heavy atom. The molecule has 0 radical (unpaired) electrons. The molecule has 0 fully saturated rings. The molecule has 2 heterocycles. The lowest BCUT2D eigenvalue weighted by molar-refractivity contribution is 0.695. The number of aromatic nitrogens is 2. The lowest BCUT2D eigenvalue weighted by Crippen LogP contribution is -2.17. The maximum absolute atomic E-state index is 4.04. The predicted octanol–water partition coefficient (Wildman–Crippen LogP) is 3.12. The minimum Gasteiger partial charge on any atom is -0.385 e. The van der Waals surface area contributed by atoms with E-state index in [-0.39, 0.29) is 0 Å². The van der Waals surface area contributed by atoms with Gasteiger partial charge < -0.3 is 5.32 Å². The molecule has 4 heteroatoms. The first-order valence-corrected chi connectivity index (χ1v) is 6.16. The second kappa shape index (κ2) is 3.94. The molecule has 2 aromatic rings. The highest BCUT2D eigenvalue weighted by molar-refractivity contribution is 9.10. The zero-order chi connectivity index (χ0) is 11.0. The number of H-pyrrole nitrogens is 1. The summed E-state index contributed by atoms with van der Waals surface area (Å²) in [6.07, 6.45) is 2.92. The van der Waals surface area contributed by atoms with E-state index in [4.69, 9.17) is 0 Å². The van der Waals surface area contributed by atoms with Crippen molar-refractivity contribution in [1.29, 1.82) is 0 Å². The van der Waals surface area contributed by atoms with Crippen molar-refractivity contribution < 1.29 is 0 Å². The first-order chi connectivity index (χ1) is 7.84. The Labute approximate surface area is 102 Å². The molecular weight excluding hydrogens is 266 g/mol. The van der Waals surface area contributed by atoms with Gasteiger partial charge in [0.2, 0.25) is 0 Å². The van der Waals surface area contributed by atoms with Crippen molar-refractivity contribution in [3.8, 4) is 0 Å². The van der Waals surface area contributed by atoms with Gasteiger partial charge in [-0.2, -0.15) is 5.10 Å². The molecule has 0 saturated heterocycles. The first kappa shape index (κ1) is 9.90. The summed E-state index contributed by atoms with van der Waals surface area (Å²) in [5, 5.41) is 10.5. The van der Waals surface area contributed by atoms with Crippen LogP contribution in [-0.4, -0.2) is 16.7 Å². The van der Waals surface area contributed by atoms with Gasteiger partial charge in [-0.25, -0.2) is 0 Å². The Kier molecular flexibility index (Phi) is 2.44. The molecule has 2 N–H and O–H groups in total. The molecule has 0 bridgehead atoms. The van der Waals surface area contributed by atoms with Gasteiger partial charge in [0.25, 0.3) is 0 Å². The topological polar surface area (TPSA) is 40.7 Å². The van der Waals surface area contributed by atoms with Crippen LogP contribution >= 0.6 is 15.9 Å². The monoisotopic (exact) mass is 277 g/mol. The van der Waals surface area contributed by atoms with Crippen LogP contribution in [0.4, 0.5) is 5.69 Å². The average molecular weight is 278 g/mol. The van der Waals surface area contributed by atoms with E-state index < -0.39 is 0 Å². The summed E-state index contributed by atoms with van der Waals surface area (Å²) in [5.74, 6) is 0.427. The molecule has 0 aliphatic carbocycles. The number of fused-ring (bicyclic) bond motifs is 1. The molecule has 1 unspecified atom stereocenters. The number of nitrogens with one attached hydrogen (secondary N) is 2. The molecule has 1 aromatic heterocycles. The van der Waals surface area contributed by atoms with Gasteiger partial charge in [-0.05, 0) is 36.2 Å². The van der Waals surface area contributed by atoms with E-state index >= 15 is 0 Å². The summed E-state index contributed by atoms with van der Waals surface area (Å²) < 4.78 is 1.12. The lowest BCUT2D eigenvalue weighted by atomic mass is 9.88. The smallest absolute Gasteiger partial charge is 0.0490 e. The highest BCUT2D eigenvalue weighted by Crippen LogP contribution is 2.36. The lowest BCUT2D eigenvalue weighted by Gasteiger charge is -2.26. The van der Waals surface area contributed by atoms with Gasteiger partial charge in [0.05, 0.1) is 0 Å².